The van der Waals surface area contributed by atoms with Crippen molar-refractivity contribution in [3.63, 3.8) is 0 Å². The fraction of sp³-hybridized carbons (Fsp3) is 1.00. The van der Waals surface area contributed by atoms with Crippen LogP contribution < -0.4 is 0 Å². The third kappa shape index (κ3) is 6.38. The molecular weight excluding hydrogens is 690 g/mol. The molecule has 0 aromatic carbocycles. The summed E-state index contributed by atoms with van der Waals surface area (Å²) in [5, 5.41) is 0. The van der Waals surface area contributed by atoms with Crippen molar-refractivity contribution in [2.75, 3.05) is 0 Å². The maximum atomic E-state index is 14.4. The SMILES string of the molecule is CCCCCCCCCC(I)C(C)C(F)(F)C(F)(F)C(F)(F)C(F)(F)C(F)(F)C(F)(F)C(F)(F)C(F)(F)F. The summed E-state index contributed by atoms with van der Waals surface area (Å²) in [6.45, 7) is 2.06. The summed E-state index contributed by atoms with van der Waals surface area (Å²) in [6.07, 6.45) is -3.80. The fourth-order valence-electron chi connectivity index (χ4n) is 3.24. The molecule has 0 fully saturated rings. The Bertz CT molecular complexity index is 744. The predicted molar refractivity (Wildman–Crippen MR) is 110 cm³/mol. The second-order valence-electron chi connectivity index (χ2n) is 8.78. The van der Waals surface area contributed by atoms with E-state index in [2.05, 4.69) is 0 Å². The Balaban J connectivity index is 6.07. The average molecular weight is 714 g/mol. The molecule has 0 spiro atoms. The molecule has 2 unspecified atom stereocenters. The molecule has 2 atom stereocenters. The Morgan fingerprint density at radius 1 is 0.474 bits per heavy atom. The molecule has 0 amide bonds. The van der Waals surface area contributed by atoms with Gasteiger partial charge in [-0.2, -0.15) is 74.6 Å². The van der Waals surface area contributed by atoms with E-state index in [0.29, 0.717) is 12.8 Å². The van der Waals surface area contributed by atoms with Gasteiger partial charge in [0.1, 0.15) is 0 Å². The van der Waals surface area contributed by atoms with Crippen LogP contribution in [0.2, 0.25) is 0 Å². The van der Waals surface area contributed by atoms with E-state index in [0.717, 1.165) is 48.3 Å². The van der Waals surface area contributed by atoms with Crippen molar-refractivity contribution in [3.8, 4) is 0 Å². The van der Waals surface area contributed by atoms with E-state index in [1.807, 2.05) is 6.92 Å². The lowest BCUT2D eigenvalue weighted by Crippen LogP contribution is -2.75. The van der Waals surface area contributed by atoms with Crippen LogP contribution in [0.1, 0.15) is 65.2 Å². The van der Waals surface area contributed by atoms with E-state index >= 15 is 0 Å². The van der Waals surface area contributed by atoms with E-state index in [1.54, 1.807) is 0 Å². The van der Waals surface area contributed by atoms with Gasteiger partial charge in [0.05, 0.1) is 0 Å². The van der Waals surface area contributed by atoms with Crippen LogP contribution in [-0.2, 0) is 0 Å². The van der Waals surface area contributed by atoms with Crippen molar-refractivity contribution in [1.82, 2.24) is 0 Å². The summed E-state index contributed by atoms with van der Waals surface area (Å²) in [7, 11) is 0. The number of unbranched alkanes of at least 4 members (excludes halogenated alkanes) is 6. The molecule has 0 aromatic rings. The minimum absolute atomic E-state index is 0.0646. The standard InChI is InChI=1S/C20H24F17I/c1-3-4-5-6-7-8-9-10-12(38)11(2)13(21,22)14(23,24)15(25,26)16(27,28)17(29,30)18(31,32)19(33,34)20(35,36)37/h11-12H,3-10H2,1-2H3. The Morgan fingerprint density at radius 2 is 0.789 bits per heavy atom. The van der Waals surface area contributed by atoms with Crippen LogP contribution in [-0.4, -0.2) is 51.6 Å². The van der Waals surface area contributed by atoms with Gasteiger partial charge in [0, 0.05) is 9.84 Å². The smallest absolute Gasteiger partial charge is 0.199 e. The highest BCUT2D eigenvalue weighted by atomic mass is 127. The molecule has 0 rings (SSSR count). The van der Waals surface area contributed by atoms with Gasteiger partial charge in [-0.15, -0.1) is 0 Å². The maximum absolute atomic E-state index is 14.4. The van der Waals surface area contributed by atoms with E-state index in [9.17, 15) is 74.6 Å². The fourth-order valence-corrected chi connectivity index (χ4v) is 4.13. The van der Waals surface area contributed by atoms with Gasteiger partial charge in [-0.1, -0.05) is 81.4 Å². The quantitative estimate of drug-likeness (QED) is 0.0647. The Kier molecular flexibility index (Phi) is 12.0. The van der Waals surface area contributed by atoms with Crippen molar-refractivity contribution in [1.29, 1.82) is 0 Å². The molecule has 0 aliphatic rings. The highest BCUT2D eigenvalue weighted by Gasteiger charge is 2.95. The molecule has 0 N–H and O–H groups in total. The van der Waals surface area contributed by atoms with Gasteiger partial charge in [-0.3, -0.25) is 0 Å². The summed E-state index contributed by atoms with van der Waals surface area (Å²) in [5.41, 5.74) is 0. The summed E-state index contributed by atoms with van der Waals surface area (Å²) in [5.74, 6) is -58.9. The molecule has 0 aliphatic carbocycles. The van der Waals surface area contributed by atoms with Gasteiger partial charge >= 0.3 is 47.6 Å². The zero-order chi connectivity index (χ0) is 30.8. The molecule has 0 bridgehead atoms. The zero-order valence-corrected chi connectivity index (χ0v) is 21.8. The van der Waals surface area contributed by atoms with Gasteiger partial charge in [0.2, 0.25) is 0 Å². The molecule has 0 nitrogen and oxygen atoms in total. The van der Waals surface area contributed by atoms with Crippen LogP contribution in [0, 0.1) is 5.92 Å². The first-order valence-corrected chi connectivity index (χ1v) is 12.2. The Labute approximate surface area is 220 Å². The van der Waals surface area contributed by atoms with Crippen LogP contribution in [0.5, 0.6) is 0 Å². The first-order chi connectivity index (χ1) is 16.6. The number of alkyl halides is 18. The zero-order valence-electron chi connectivity index (χ0n) is 19.6. The molecular formula is C20H24F17I. The van der Waals surface area contributed by atoms with Gasteiger partial charge in [-0.25, -0.2) is 0 Å². The summed E-state index contributed by atoms with van der Waals surface area (Å²) < 4.78 is 226. The second kappa shape index (κ2) is 12.2. The van der Waals surface area contributed by atoms with E-state index in [-0.39, 0.29) is 19.8 Å². The van der Waals surface area contributed by atoms with Crippen LogP contribution in [0.3, 0.4) is 0 Å². The van der Waals surface area contributed by atoms with Crippen LogP contribution >= 0.6 is 22.6 Å². The van der Waals surface area contributed by atoms with Gasteiger partial charge in [-0.05, 0) is 6.42 Å². The van der Waals surface area contributed by atoms with Gasteiger partial charge < -0.3 is 0 Å². The largest absolute Gasteiger partial charge is 0.460 e. The van der Waals surface area contributed by atoms with Gasteiger partial charge in [0.25, 0.3) is 0 Å². The number of hydrogen-bond acceptors (Lipinski definition) is 0. The van der Waals surface area contributed by atoms with Crippen molar-refractivity contribution in [2.45, 2.75) is 117 Å². The molecule has 230 valence electrons. The number of hydrogen-bond donors (Lipinski definition) is 0. The van der Waals surface area contributed by atoms with Crippen molar-refractivity contribution < 1.29 is 74.6 Å². The van der Waals surface area contributed by atoms with Crippen LogP contribution in [0.4, 0.5) is 74.6 Å². The summed E-state index contributed by atoms with van der Waals surface area (Å²) in [6, 6.07) is 0. The van der Waals surface area contributed by atoms with Crippen molar-refractivity contribution in [3.05, 3.63) is 0 Å². The third-order valence-electron chi connectivity index (χ3n) is 5.94. The minimum Gasteiger partial charge on any atom is -0.199 e. The van der Waals surface area contributed by atoms with Crippen LogP contribution in [0.15, 0.2) is 0 Å². The summed E-state index contributed by atoms with van der Waals surface area (Å²) >= 11 is 1.07. The molecule has 0 aromatic heterocycles. The van der Waals surface area contributed by atoms with Crippen LogP contribution in [0.25, 0.3) is 0 Å². The van der Waals surface area contributed by atoms with Crippen molar-refractivity contribution >= 4 is 22.6 Å². The summed E-state index contributed by atoms with van der Waals surface area (Å²) in [4.78, 5) is 0. The normalized spacial score (nSPS) is 17.1. The Morgan fingerprint density at radius 3 is 1.16 bits per heavy atom. The second-order valence-corrected chi connectivity index (χ2v) is 10.4. The Hall–Kier alpha value is -0.460. The number of halogens is 18. The molecule has 0 saturated carbocycles. The topological polar surface area (TPSA) is 0 Å². The molecule has 0 radical (unpaired) electrons. The van der Waals surface area contributed by atoms with E-state index in [4.69, 9.17) is 0 Å². The first-order valence-electron chi connectivity index (χ1n) is 11.0. The molecule has 0 aliphatic heterocycles. The molecule has 38 heavy (non-hydrogen) atoms. The molecule has 0 heterocycles. The minimum atomic E-state index is -8.59. The highest BCUT2D eigenvalue weighted by Crippen LogP contribution is 2.64. The van der Waals surface area contributed by atoms with Crippen molar-refractivity contribution in [2.24, 2.45) is 5.92 Å². The predicted octanol–water partition coefficient (Wildman–Crippen LogP) is 10.6. The van der Waals surface area contributed by atoms with E-state index in [1.165, 1.54) is 0 Å². The maximum Gasteiger partial charge on any atom is 0.460 e. The molecule has 18 heteroatoms. The number of rotatable bonds is 16. The first kappa shape index (κ1) is 37.5. The lowest BCUT2D eigenvalue weighted by atomic mass is 9.84. The van der Waals surface area contributed by atoms with Gasteiger partial charge in [0.15, 0.2) is 0 Å². The lowest BCUT2D eigenvalue weighted by molar-refractivity contribution is -0.463. The molecule has 0 saturated heterocycles. The lowest BCUT2D eigenvalue weighted by Gasteiger charge is -2.44. The monoisotopic (exact) mass is 714 g/mol. The van der Waals surface area contributed by atoms with E-state index < -0.39 is 57.5 Å². The third-order valence-corrected chi connectivity index (χ3v) is 7.65. The average Bonchev–Trinajstić information content (AvgIpc) is 2.76. The highest BCUT2D eigenvalue weighted by molar-refractivity contribution is 14.1.